The van der Waals surface area contributed by atoms with Gasteiger partial charge in [0, 0.05) is 12.6 Å². The molecule has 17 heavy (non-hydrogen) atoms. The predicted octanol–water partition coefficient (Wildman–Crippen LogP) is 0.452. The van der Waals surface area contributed by atoms with Gasteiger partial charge < -0.3 is 10.7 Å². The first kappa shape index (κ1) is 14.1. The van der Waals surface area contributed by atoms with E-state index in [1.165, 1.54) is 12.5 Å². The highest BCUT2D eigenvalue weighted by atomic mass is 32.2. The van der Waals surface area contributed by atoms with Crippen LogP contribution in [0.5, 0.6) is 0 Å². The molecule has 0 bridgehead atoms. The minimum atomic E-state index is -3.52. The zero-order chi connectivity index (χ0) is 13.1. The van der Waals surface area contributed by atoms with Gasteiger partial charge in [-0.1, -0.05) is 20.8 Å². The molecule has 0 aliphatic rings. The van der Waals surface area contributed by atoms with Gasteiger partial charge in [-0.15, -0.1) is 0 Å². The molecule has 0 saturated carbocycles. The number of nitrogens with one attached hydrogen (secondary N) is 2. The number of sulfonamides is 1. The van der Waals surface area contributed by atoms with Crippen LogP contribution in [0.25, 0.3) is 0 Å². The lowest BCUT2D eigenvalue weighted by Crippen LogP contribution is -2.39. The van der Waals surface area contributed by atoms with Crippen molar-refractivity contribution < 1.29 is 8.42 Å². The summed E-state index contributed by atoms with van der Waals surface area (Å²) in [5.74, 6) is 0. The van der Waals surface area contributed by atoms with Gasteiger partial charge in [-0.2, -0.15) is 0 Å². The largest absolute Gasteiger partial charge is 0.335 e. The Morgan fingerprint density at radius 1 is 1.53 bits per heavy atom. The molecule has 6 nitrogen and oxygen atoms in total. The molecule has 7 heteroatoms. The summed E-state index contributed by atoms with van der Waals surface area (Å²) >= 11 is 0. The average Bonchev–Trinajstić information content (AvgIpc) is 2.65. The van der Waals surface area contributed by atoms with E-state index in [4.69, 9.17) is 5.73 Å². The number of H-pyrrole nitrogens is 1. The summed E-state index contributed by atoms with van der Waals surface area (Å²) in [6, 6.07) is -0.201. The van der Waals surface area contributed by atoms with Crippen LogP contribution in [-0.2, 0) is 10.0 Å². The van der Waals surface area contributed by atoms with Gasteiger partial charge >= 0.3 is 0 Å². The maximum Gasteiger partial charge on any atom is 0.257 e. The Bertz CT molecular complexity index is 433. The van der Waals surface area contributed by atoms with Gasteiger partial charge in [-0.25, -0.2) is 18.1 Å². The lowest BCUT2D eigenvalue weighted by atomic mass is 9.88. The molecule has 0 aromatic carbocycles. The molecule has 1 heterocycles. The third kappa shape index (κ3) is 4.84. The first-order chi connectivity index (χ1) is 7.71. The minimum absolute atomic E-state index is 0.0560. The highest BCUT2D eigenvalue weighted by molar-refractivity contribution is 7.89. The smallest absolute Gasteiger partial charge is 0.257 e. The van der Waals surface area contributed by atoms with E-state index in [1.54, 1.807) is 0 Å². The van der Waals surface area contributed by atoms with Crippen molar-refractivity contribution >= 4 is 10.0 Å². The lowest BCUT2D eigenvalue weighted by Gasteiger charge is -2.23. The SMILES string of the molecule is CC(C)(C)CC(N)CNS(=O)(=O)c1cnc[nH]1. The highest BCUT2D eigenvalue weighted by Crippen LogP contribution is 2.19. The molecule has 1 aromatic heterocycles. The molecule has 1 rings (SSSR count). The van der Waals surface area contributed by atoms with Crippen LogP contribution in [0.3, 0.4) is 0 Å². The molecule has 0 amide bonds. The first-order valence-electron chi connectivity index (χ1n) is 5.44. The van der Waals surface area contributed by atoms with E-state index in [1.807, 2.05) is 0 Å². The Balaban J connectivity index is 2.51. The van der Waals surface area contributed by atoms with Gasteiger partial charge in [-0.3, -0.25) is 0 Å². The van der Waals surface area contributed by atoms with Crippen molar-refractivity contribution in [3.05, 3.63) is 12.5 Å². The zero-order valence-corrected chi connectivity index (χ0v) is 11.2. The molecular weight excluding hydrogens is 240 g/mol. The number of hydrogen-bond donors (Lipinski definition) is 3. The molecule has 0 spiro atoms. The second kappa shape index (κ2) is 5.16. The topological polar surface area (TPSA) is 101 Å². The van der Waals surface area contributed by atoms with Crippen LogP contribution in [0.4, 0.5) is 0 Å². The highest BCUT2D eigenvalue weighted by Gasteiger charge is 2.19. The minimum Gasteiger partial charge on any atom is -0.335 e. The number of nitrogens with zero attached hydrogens (tertiary/aromatic N) is 1. The van der Waals surface area contributed by atoms with Crippen LogP contribution in [0.2, 0.25) is 0 Å². The van der Waals surface area contributed by atoms with E-state index in [2.05, 4.69) is 35.5 Å². The standard InChI is InChI=1S/C10H20N4O2S/c1-10(2,3)4-8(11)5-14-17(15,16)9-6-12-7-13-9/h6-8,14H,4-5,11H2,1-3H3,(H,12,13). The molecule has 0 radical (unpaired) electrons. The number of rotatable bonds is 5. The van der Waals surface area contributed by atoms with Crippen molar-refractivity contribution in [2.45, 2.75) is 38.3 Å². The van der Waals surface area contributed by atoms with Crippen molar-refractivity contribution in [1.29, 1.82) is 0 Å². The average molecular weight is 260 g/mol. The van der Waals surface area contributed by atoms with Crippen LogP contribution in [-0.4, -0.2) is 31.0 Å². The Hall–Kier alpha value is -0.920. The van der Waals surface area contributed by atoms with Crippen LogP contribution >= 0.6 is 0 Å². The summed E-state index contributed by atoms with van der Waals surface area (Å²) in [7, 11) is -3.52. The molecular formula is C10H20N4O2S. The van der Waals surface area contributed by atoms with E-state index in [0.717, 1.165) is 6.42 Å². The van der Waals surface area contributed by atoms with Crippen LogP contribution < -0.4 is 10.5 Å². The first-order valence-corrected chi connectivity index (χ1v) is 6.93. The summed E-state index contributed by atoms with van der Waals surface area (Å²) in [6.45, 7) is 6.42. The second-order valence-electron chi connectivity index (χ2n) is 5.29. The van der Waals surface area contributed by atoms with E-state index in [-0.39, 0.29) is 23.0 Å². The van der Waals surface area contributed by atoms with Crippen LogP contribution in [0.1, 0.15) is 27.2 Å². The summed E-state index contributed by atoms with van der Waals surface area (Å²) in [4.78, 5) is 6.22. The molecule has 98 valence electrons. The Morgan fingerprint density at radius 2 is 2.18 bits per heavy atom. The summed E-state index contributed by atoms with van der Waals surface area (Å²) < 4.78 is 25.9. The fourth-order valence-electron chi connectivity index (χ4n) is 1.54. The molecule has 0 fully saturated rings. The van der Waals surface area contributed by atoms with Crippen molar-refractivity contribution in [1.82, 2.24) is 14.7 Å². The van der Waals surface area contributed by atoms with Crippen molar-refractivity contribution in [3.8, 4) is 0 Å². The number of aromatic nitrogens is 2. The molecule has 1 aromatic rings. The van der Waals surface area contributed by atoms with Crippen molar-refractivity contribution in [3.63, 3.8) is 0 Å². The van der Waals surface area contributed by atoms with Crippen LogP contribution in [0, 0.1) is 5.41 Å². The summed E-state index contributed by atoms with van der Waals surface area (Å²) in [5, 5.41) is 0.0560. The Morgan fingerprint density at radius 3 is 2.65 bits per heavy atom. The van der Waals surface area contributed by atoms with Gasteiger partial charge in [0.2, 0.25) is 0 Å². The van der Waals surface area contributed by atoms with Gasteiger partial charge in [0.15, 0.2) is 5.03 Å². The normalized spacial score (nSPS) is 14.8. The zero-order valence-electron chi connectivity index (χ0n) is 10.4. The summed E-state index contributed by atoms with van der Waals surface area (Å²) in [6.07, 6.45) is 3.33. The third-order valence-corrected chi connectivity index (χ3v) is 3.52. The van der Waals surface area contributed by atoms with Crippen molar-refractivity contribution in [2.24, 2.45) is 11.1 Å². The lowest BCUT2D eigenvalue weighted by molar-refractivity contribution is 0.338. The Labute approximate surface area is 102 Å². The molecule has 4 N–H and O–H groups in total. The maximum atomic E-state index is 11.7. The molecule has 1 atom stereocenters. The fourth-order valence-corrected chi connectivity index (χ4v) is 2.54. The van der Waals surface area contributed by atoms with Crippen molar-refractivity contribution in [2.75, 3.05) is 6.54 Å². The quantitative estimate of drug-likeness (QED) is 0.715. The molecule has 0 aliphatic heterocycles. The second-order valence-corrected chi connectivity index (χ2v) is 7.03. The van der Waals surface area contributed by atoms with Gasteiger partial charge in [0.05, 0.1) is 12.5 Å². The van der Waals surface area contributed by atoms with Crippen LogP contribution in [0.15, 0.2) is 17.6 Å². The summed E-state index contributed by atoms with van der Waals surface area (Å²) in [5.41, 5.74) is 5.95. The molecule has 0 saturated heterocycles. The van der Waals surface area contributed by atoms with E-state index in [0.29, 0.717) is 0 Å². The monoisotopic (exact) mass is 260 g/mol. The van der Waals surface area contributed by atoms with Gasteiger partial charge in [-0.05, 0) is 11.8 Å². The maximum absolute atomic E-state index is 11.7. The van der Waals surface area contributed by atoms with E-state index < -0.39 is 10.0 Å². The molecule has 1 unspecified atom stereocenters. The number of nitrogens with two attached hydrogens (primary N) is 1. The third-order valence-electron chi connectivity index (χ3n) is 2.17. The number of imidazole rings is 1. The Kier molecular flexibility index (Phi) is 4.29. The fraction of sp³-hybridized carbons (Fsp3) is 0.700. The number of hydrogen-bond acceptors (Lipinski definition) is 4. The molecule has 0 aliphatic carbocycles. The van der Waals surface area contributed by atoms with Gasteiger partial charge in [0.1, 0.15) is 0 Å². The van der Waals surface area contributed by atoms with E-state index in [9.17, 15) is 8.42 Å². The predicted molar refractivity (Wildman–Crippen MR) is 65.8 cm³/mol. The van der Waals surface area contributed by atoms with E-state index >= 15 is 0 Å². The number of aromatic amines is 1. The van der Waals surface area contributed by atoms with Gasteiger partial charge in [0.25, 0.3) is 10.0 Å².